The number of aliphatic hydroxyl groups is 1. The molecule has 0 aliphatic carbocycles. The lowest BCUT2D eigenvalue weighted by molar-refractivity contribution is 0.193. The van der Waals surface area contributed by atoms with E-state index in [1.807, 2.05) is 6.07 Å². The van der Waals surface area contributed by atoms with Crippen LogP contribution in [-0.2, 0) is 26.0 Å². The first-order chi connectivity index (χ1) is 11.3. The highest BCUT2D eigenvalue weighted by molar-refractivity contribution is 5.34. The zero-order valence-electron chi connectivity index (χ0n) is 13.3. The smallest absolute Gasteiger partial charge is 0.122 e. The summed E-state index contributed by atoms with van der Waals surface area (Å²) in [5.74, 6) is 1.66. The Morgan fingerprint density at radius 3 is 3.17 bits per heavy atom. The predicted octanol–water partition coefficient (Wildman–Crippen LogP) is 1.90. The van der Waals surface area contributed by atoms with Crippen molar-refractivity contribution < 1.29 is 9.84 Å². The molecule has 1 unspecified atom stereocenters. The third-order valence-electron chi connectivity index (χ3n) is 5.03. The summed E-state index contributed by atoms with van der Waals surface area (Å²) in [6.45, 7) is 3.84. The van der Waals surface area contributed by atoms with Gasteiger partial charge in [0.2, 0.25) is 0 Å². The van der Waals surface area contributed by atoms with Crippen LogP contribution in [-0.4, -0.2) is 39.9 Å². The molecule has 1 atom stereocenters. The largest absolute Gasteiger partial charge is 0.493 e. The number of hydrogen-bond donors (Lipinski definition) is 2. The highest BCUT2D eigenvalue weighted by Crippen LogP contribution is 2.28. The Labute approximate surface area is 136 Å². The minimum atomic E-state index is 0.0182. The van der Waals surface area contributed by atoms with Gasteiger partial charge in [-0.2, -0.15) is 5.10 Å². The molecule has 0 amide bonds. The van der Waals surface area contributed by atoms with Crippen molar-refractivity contribution in [1.82, 2.24) is 15.1 Å². The molecule has 122 valence electrons. The molecule has 23 heavy (non-hydrogen) atoms. The molecule has 2 N–H and O–H groups in total. The minimum absolute atomic E-state index is 0.0182. The van der Waals surface area contributed by atoms with Crippen LogP contribution in [0.4, 0.5) is 0 Å². The van der Waals surface area contributed by atoms with Gasteiger partial charge in [0.05, 0.1) is 18.9 Å². The number of ether oxygens (including phenoxy) is 1. The normalized spacial score (nSPS) is 21.2. The molecule has 5 nitrogen and oxygen atoms in total. The Balaban J connectivity index is 1.45. The van der Waals surface area contributed by atoms with E-state index < -0.39 is 0 Å². The van der Waals surface area contributed by atoms with Gasteiger partial charge in [-0.25, -0.2) is 0 Å². The van der Waals surface area contributed by atoms with Crippen LogP contribution in [0.15, 0.2) is 24.3 Å². The van der Waals surface area contributed by atoms with Gasteiger partial charge in [-0.1, -0.05) is 18.2 Å². The number of nitrogens with one attached hydrogen (secondary N) is 1. The lowest BCUT2D eigenvalue weighted by Gasteiger charge is -2.30. The van der Waals surface area contributed by atoms with Gasteiger partial charge in [0.15, 0.2) is 0 Å². The van der Waals surface area contributed by atoms with E-state index in [0.717, 1.165) is 56.9 Å². The number of aromatic amines is 1. The van der Waals surface area contributed by atoms with Gasteiger partial charge < -0.3 is 9.84 Å². The minimum Gasteiger partial charge on any atom is -0.493 e. The Hall–Kier alpha value is -1.85. The number of aromatic nitrogens is 2. The Morgan fingerprint density at radius 1 is 1.35 bits per heavy atom. The number of benzene rings is 1. The van der Waals surface area contributed by atoms with E-state index >= 15 is 0 Å². The van der Waals surface area contributed by atoms with Gasteiger partial charge in [-0.15, -0.1) is 0 Å². The summed E-state index contributed by atoms with van der Waals surface area (Å²) in [7, 11) is 0. The first-order valence-corrected chi connectivity index (χ1v) is 8.42. The molecule has 3 heterocycles. The zero-order chi connectivity index (χ0) is 15.6. The molecule has 0 saturated carbocycles. The standard InChI is InChI=1S/C18H23N3O2/c22-12-17-15-11-21(7-5-16(15)19-20-17)10-13-6-8-23-18-4-2-1-3-14(18)9-13/h1-4,13,22H,5-12H2,(H,19,20). The Kier molecular flexibility index (Phi) is 4.06. The first kappa shape index (κ1) is 14.7. The highest BCUT2D eigenvalue weighted by Gasteiger charge is 2.25. The monoisotopic (exact) mass is 313 g/mol. The number of rotatable bonds is 3. The maximum Gasteiger partial charge on any atom is 0.122 e. The molecule has 5 heteroatoms. The number of para-hydroxylation sites is 1. The van der Waals surface area contributed by atoms with Gasteiger partial charge in [0.1, 0.15) is 5.75 Å². The summed E-state index contributed by atoms with van der Waals surface area (Å²) in [5, 5.41) is 16.7. The van der Waals surface area contributed by atoms with Crippen molar-refractivity contribution in [2.24, 2.45) is 5.92 Å². The molecule has 0 radical (unpaired) electrons. The quantitative estimate of drug-likeness (QED) is 0.908. The summed E-state index contributed by atoms with van der Waals surface area (Å²) < 4.78 is 5.88. The summed E-state index contributed by atoms with van der Waals surface area (Å²) in [4.78, 5) is 2.50. The second kappa shape index (κ2) is 6.34. The molecular formula is C18H23N3O2. The fourth-order valence-electron chi connectivity index (χ4n) is 3.78. The van der Waals surface area contributed by atoms with Crippen LogP contribution in [0.25, 0.3) is 0 Å². The summed E-state index contributed by atoms with van der Waals surface area (Å²) in [5.41, 5.74) is 4.52. The van der Waals surface area contributed by atoms with Gasteiger partial charge in [-0.3, -0.25) is 10.00 Å². The van der Waals surface area contributed by atoms with Crippen molar-refractivity contribution in [3.63, 3.8) is 0 Å². The summed E-state index contributed by atoms with van der Waals surface area (Å²) >= 11 is 0. The molecule has 4 rings (SSSR count). The van der Waals surface area contributed by atoms with Crippen molar-refractivity contribution in [1.29, 1.82) is 0 Å². The number of H-pyrrole nitrogens is 1. The van der Waals surface area contributed by atoms with Crippen LogP contribution in [0.3, 0.4) is 0 Å². The van der Waals surface area contributed by atoms with Crippen molar-refractivity contribution in [3.8, 4) is 5.75 Å². The molecule has 0 fully saturated rings. The predicted molar refractivity (Wildman–Crippen MR) is 87.2 cm³/mol. The number of hydrogen-bond acceptors (Lipinski definition) is 4. The van der Waals surface area contributed by atoms with Crippen LogP contribution in [0.1, 0.15) is 28.9 Å². The highest BCUT2D eigenvalue weighted by atomic mass is 16.5. The molecule has 2 aromatic rings. The lowest BCUT2D eigenvalue weighted by Crippen LogP contribution is -2.35. The summed E-state index contributed by atoms with van der Waals surface area (Å²) in [6, 6.07) is 8.39. The van der Waals surface area contributed by atoms with E-state index in [1.165, 1.54) is 16.8 Å². The second-order valence-electron chi connectivity index (χ2n) is 6.59. The molecule has 0 saturated heterocycles. The molecule has 2 aliphatic rings. The van der Waals surface area contributed by atoms with E-state index in [9.17, 15) is 5.11 Å². The Morgan fingerprint density at radius 2 is 2.26 bits per heavy atom. The third-order valence-corrected chi connectivity index (χ3v) is 5.03. The Bertz CT molecular complexity index is 669. The second-order valence-corrected chi connectivity index (χ2v) is 6.59. The van der Waals surface area contributed by atoms with Crippen molar-refractivity contribution in [3.05, 3.63) is 46.8 Å². The van der Waals surface area contributed by atoms with E-state index in [4.69, 9.17) is 4.74 Å². The van der Waals surface area contributed by atoms with Crippen LogP contribution in [0.2, 0.25) is 0 Å². The van der Waals surface area contributed by atoms with E-state index in [2.05, 4.69) is 33.3 Å². The zero-order valence-corrected chi connectivity index (χ0v) is 13.3. The number of aliphatic hydroxyl groups excluding tert-OH is 1. The van der Waals surface area contributed by atoms with Gasteiger partial charge in [0.25, 0.3) is 0 Å². The molecule has 0 bridgehead atoms. The van der Waals surface area contributed by atoms with Gasteiger partial charge in [-0.05, 0) is 30.4 Å². The van der Waals surface area contributed by atoms with Crippen molar-refractivity contribution in [2.45, 2.75) is 32.4 Å². The fraction of sp³-hybridized carbons (Fsp3) is 0.500. The average Bonchev–Trinajstić information content (AvgIpc) is 2.87. The molecule has 0 spiro atoms. The topological polar surface area (TPSA) is 61.4 Å². The summed E-state index contributed by atoms with van der Waals surface area (Å²) in [6.07, 6.45) is 3.16. The molecular weight excluding hydrogens is 290 g/mol. The van der Waals surface area contributed by atoms with Crippen LogP contribution in [0, 0.1) is 5.92 Å². The van der Waals surface area contributed by atoms with Gasteiger partial charge in [0, 0.05) is 37.3 Å². The van der Waals surface area contributed by atoms with Crippen molar-refractivity contribution in [2.75, 3.05) is 19.7 Å². The average molecular weight is 313 g/mol. The van der Waals surface area contributed by atoms with Crippen molar-refractivity contribution >= 4 is 0 Å². The molecule has 2 aliphatic heterocycles. The van der Waals surface area contributed by atoms with Crippen LogP contribution < -0.4 is 4.74 Å². The van der Waals surface area contributed by atoms with E-state index in [1.54, 1.807) is 0 Å². The SMILES string of the molecule is OCc1n[nH]c2c1CN(CC1CCOc3ccccc3C1)CC2. The van der Waals surface area contributed by atoms with Crippen LogP contribution in [0.5, 0.6) is 5.75 Å². The fourth-order valence-corrected chi connectivity index (χ4v) is 3.78. The van der Waals surface area contributed by atoms with E-state index in [0.29, 0.717) is 5.92 Å². The number of fused-ring (bicyclic) bond motifs is 2. The van der Waals surface area contributed by atoms with Gasteiger partial charge >= 0.3 is 0 Å². The third kappa shape index (κ3) is 2.99. The molecule has 1 aromatic carbocycles. The lowest BCUT2D eigenvalue weighted by atomic mass is 9.95. The first-order valence-electron chi connectivity index (χ1n) is 8.42. The van der Waals surface area contributed by atoms with E-state index in [-0.39, 0.29) is 6.61 Å². The van der Waals surface area contributed by atoms with Crippen LogP contribution >= 0.6 is 0 Å². The maximum absolute atomic E-state index is 9.42. The number of nitrogens with zero attached hydrogens (tertiary/aromatic N) is 2. The maximum atomic E-state index is 9.42. The molecule has 1 aromatic heterocycles.